The van der Waals surface area contributed by atoms with Gasteiger partial charge in [-0.05, 0) is 20.3 Å². The van der Waals surface area contributed by atoms with E-state index >= 15 is 0 Å². The fourth-order valence-corrected chi connectivity index (χ4v) is 3.10. The summed E-state index contributed by atoms with van der Waals surface area (Å²) >= 11 is 0. The summed E-state index contributed by atoms with van der Waals surface area (Å²) in [5, 5.41) is 2.91. The Morgan fingerprint density at radius 2 is 2.09 bits per heavy atom. The highest BCUT2D eigenvalue weighted by atomic mass is 16.5. The molecule has 3 heterocycles. The van der Waals surface area contributed by atoms with E-state index in [9.17, 15) is 4.79 Å². The van der Waals surface area contributed by atoms with Gasteiger partial charge in [0.25, 0.3) is 0 Å². The summed E-state index contributed by atoms with van der Waals surface area (Å²) in [4.78, 5) is 25.7. The lowest BCUT2D eigenvalue weighted by Gasteiger charge is -2.28. The quantitative estimate of drug-likeness (QED) is 0.876. The van der Waals surface area contributed by atoms with Gasteiger partial charge in [-0.1, -0.05) is 0 Å². The molecule has 0 bridgehead atoms. The average molecular weight is 319 g/mol. The van der Waals surface area contributed by atoms with Crippen LogP contribution in [0.15, 0.2) is 6.07 Å². The lowest BCUT2D eigenvalue weighted by molar-refractivity contribution is -0.124. The second kappa shape index (κ2) is 7.12. The number of nitrogens with one attached hydrogen (secondary N) is 1. The first-order valence-electron chi connectivity index (χ1n) is 8.38. The van der Waals surface area contributed by atoms with Crippen LogP contribution < -0.4 is 15.1 Å². The normalized spacial score (nSPS) is 21.6. The van der Waals surface area contributed by atoms with Crippen LogP contribution in [0.5, 0.6) is 0 Å². The fraction of sp³-hybridized carbons (Fsp3) is 0.688. The van der Waals surface area contributed by atoms with Crippen molar-refractivity contribution < 1.29 is 9.53 Å². The Morgan fingerprint density at radius 3 is 2.83 bits per heavy atom. The number of ether oxygens (including phenoxy) is 1. The second-order valence-corrected chi connectivity index (χ2v) is 6.09. The smallest absolute Gasteiger partial charge is 0.227 e. The van der Waals surface area contributed by atoms with Crippen LogP contribution in [0.1, 0.15) is 19.0 Å². The van der Waals surface area contributed by atoms with Gasteiger partial charge < -0.3 is 19.9 Å². The Bertz CT molecular complexity index is 559. The van der Waals surface area contributed by atoms with Crippen molar-refractivity contribution in [2.75, 3.05) is 55.7 Å². The van der Waals surface area contributed by atoms with E-state index in [1.807, 2.05) is 19.9 Å². The fourth-order valence-electron chi connectivity index (χ4n) is 3.10. The van der Waals surface area contributed by atoms with Crippen molar-refractivity contribution in [3.8, 4) is 0 Å². The number of nitrogens with zero attached hydrogens (tertiary/aromatic N) is 4. The summed E-state index contributed by atoms with van der Waals surface area (Å²) in [6, 6.07) is 2.00. The highest BCUT2D eigenvalue weighted by Gasteiger charge is 2.29. The molecule has 3 rings (SSSR count). The predicted octanol–water partition coefficient (Wildman–Crippen LogP) is 0.584. The Morgan fingerprint density at radius 1 is 1.30 bits per heavy atom. The molecule has 0 aromatic carbocycles. The maximum absolute atomic E-state index is 12.0. The molecule has 2 fully saturated rings. The summed E-state index contributed by atoms with van der Waals surface area (Å²) in [5.74, 6) is 1.89. The number of hydrogen-bond acceptors (Lipinski definition) is 6. The lowest BCUT2D eigenvalue weighted by atomic mass is 10.1. The minimum atomic E-state index is 0.0528. The molecular formula is C16H25N5O2. The third kappa shape index (κ3) is 3.72. The van der Waals surface area contributed by atoms with Crippen LogP contribution >= 0.6 is 0 Å². The minimum Gasteiger partial charge on any atom is -0.378 e. The Balaban J connectivity index is 1.73. The third-order valence-electron chi connectivity index (χ3n) is 4.36. The van der Waals surface area contributed by atoms with Gasteiger partial charge in [0.15, 0.2) is 0 Å². The molecule has 2 aliphatic rings. The molecule has 0 radical (unpaired) electrons. The Labute approximate surface area is 137 Å². The van der Waals surface area contributed by atoms with E-state index in [0.717, 1.165) is 63.3 Å². The number of hydrogen-bond donors (Lipinski definition) is 1. The van der Waals surface area contributed by atoms with Gasteiger partial charge in [0.2, 0.25) is 11.9 Å². The molecule has 126 valence electrons. The standard InChI is InChI=1S/C16H25N5O2/c1-3-17-15(22)13-4-5-21(11-13)14-10-12(2)18-16(19-14)20-6-8-23-9-7-20/h10,13H,3-9,11H2,1-2H3,(H,17,22)/t13-/m1/s1. The van der Waals surface area contributed by atoms with E-state index in [1.165, 1.54) is 0 Å². The first kappa shape index (κ1) is 16.0. The number of aryl methyl sites for hydroxylation is 1. The first-order chi connectivity index (χ1) is 11.2. The van der Waals surface area contributed by atoms with Crippen LogP contribution in [0.25, 0.3) is 0 Å². The van der Waals surface area contributed by atoms with Crippen molar-refractivity contribution in [2.45, 2.75) is 20.3 Å². The first-order valence-corrected chi connectivity index (χ1v) is 8.38. The predicted molar refractivity (Wildman–Crippen MR) is 88.8 cm³/mol. The van der Waals surface area contributed by atoms with Gasteiger partial charge in [-0.2, -0.15) is 4.98 Å². The molecule has 7 nitrogen and oxygen atoms in total. The van der Waals surface area contributed by atoms with Crippen LogP contribution in [-0.2, 0) is 9.53 Å². The summed E-state index contributed by atoms with van der Waals surface area (Å²) < 4.78 is 5.39. The molecular weight excluding hydrogens is 294 g/mol. The van der Waals surface area contributed by atoms with Crippen LogP contribution in [-0.4, -0.2) is 61.8 Å². The maximum Gasteiger partial charge on any atom is 0.227 e. The van der Waals surface area contributed by atoms with E-state index < -0.39 is 0 Å². The number of rotatable bonds is 4. The average Bonchev–Trinajstić information content (AvgIpc) is 3.05. The van der Waals surface area contributed by atoms with Gasteiger partial charge in [-0.3, -0.25) is 4.79 Å². The summed E-state index contributed by atoms with van der Waals surface area (Å²) in [6.07, 6.45) is 0.877. The topological polar surface area (TPSA) is 70.6 Å². The largest absolute Gasteiger partial charge is 0.378 e. The molecule has 1 N–H and O–H groups in total. The molecule has 2 aliphatic heterocycles. The number of aromatic nitrogens is 2. The van der Waals surface area contributed by atoms with Crippen molar-refractivity contribution in [2.24, 2.45) is 5.92 Å². The minimum absolute atomic E-state index is 0.0528. The molecule has 1 amide bonds. The molecule has 0 unspecified atom stereocenters. The molecule has 1 aromatic heterocycles. The number of carbonyl (C=O) groups is 1. The van der Waals surface area contributed by atoms with Gasteiger partial charge in [0, 0.05) is 44.5 Å². The van der Waals surface area contributed by atoms with E-state index in [2.05, 4.69) is 20.1 Å². The molecule has 0 saturated carbocycles. The lowest BCUT2D eigenvalue weighted by Crippen LogP contribution is -2.38. The summed E-state index contributed by atoms with van der Waals surface area (Å²) in [5.41, 5.74) is 0.956. The van der Waals surface area contributed by atoms with Gasteiger partial charge >= 0.3 is 0 Å². The zero-order valence-corrected chi connectivity index (χ0v) is 13.9. The highest BCUT2D eigenvalue weighted by molar-refractivity contribution is 5.80. The van der Waals surface area contributed by atoms with Gasteiger partial charge in [0.05, 0.1) is 19.1 Å². The summed E-state index contributed by atoms with van der Waals surface area (Å²) in [7, 11) is 0. The van der Waals surface area contributed by atoms with Crippen LogP contribution in [0, 0.1) is 12.8 Å². The molecule has 1 aromatic rings. The van der Waals surface area contributed by atoms with Crippen molar-refractivity contribution in [1.82, 2.24) is 15.3 Å². The molecule has 0 spiro atoms. The number of carbonyl (C=O) groups excluding carboxylic acids is 1. The number of anilines is 2. The molecule has 1 atom stereocenters. The molecule has 2 saturated heterocycles. The molecule has 0 aliphatic carbocycles. The van der Waals surface area contributed by atoms with Crippen molar-refractivity contribution in [3.05, 3.63) is 11.8 Å². The van der Waals surface area contributed by atoms with Gasteiger partial charge in [-0.25, -0.2) is 4.98 Å². The van der Waals surface area contributed by atoms with Crippen LogP contribution in [0.2, 0.25) is 0 Å². The monoisotopic (exact) mass is 319 g/mol. The zero-order valence-electron chi connectivity index (χ0n) is 13.9. The van der Waals surface area contributed by atoms with Gasteiger partial charge in [0.1, 0.15) is 5.82 Å². The van der Waals surface area contributed by atoms with E-state index in [0.29, 0.717) is 6.54 Å². The van der Waals surface area contributed by atoms with Gasteiger partial charge in [-0.15, -0.1) is 0 Å². The van der Waals surface area contributed by atoms with Crippen LogP contribution in [0.4, 0.5) is 11.8 Å². The summed E-state index contributed by atoms with van der Waals surface area (Å²) in [6.45, 7) is 9.30. The van der Waals surface area contributed by atoms with E-state index in [4.69, 9.17) is 9.72 Å². The third-order valence-corrected chi connectivity index (χ3v) is 4.36. The van der Waals surface area contributed by atoms with Crippen molar-refractivity contribution in [3.63, 3.8) is 0 Å². The van der Waals surface area contributed by atoms with Crippen LogP contribution in [0.3, 0.4) is 0 Å². The Kier molecular flexibility index (Phi) is 4.95. The Hall–Kier alpha value is -1.89. The second-order valence-electron chi connectivity index (χ2n) is 6.09. The number of amides is 1. The van der Waals surface area contributed by atoms with E-state index in [1.54, 1.807) is 0 Å². The molecule has 23 heavy (non-hydrogen) atoms. The van der Waals surface area contributed by atoms with E-state index in [-0.39, 0.29) is 11.8 Å². The maximum atomic E-state index is 12.0. The van der Waals surface area contributed by atoms with Crippen molar-refractivity contribution in [1.29, 1.82) is 0 Å². The highest BCUT2D eigenvalue weighted by Crippen LogP contribution is 2.25. The van der Waals surface area contributed by atoms with Crippen molar-refractivity contribution >= 4 is 17.7 Å². The zero-order chi connectivity index (χ0) is 16.2. The SMILES string of the molecule is CCNC(=O)[C@@H]1CCN(c2cc(C)nc(N3CCOCC3)n2)C1. The number of morpholine rings is 1. The molecule has 7 heteroatoms.